The average molecular weight is 309 g/mol. The van der Waals surface area contributed by atoms with E-state index in [1.54, 1.807) is 0 Å². The summed E-state index contributed by atoms with van der Waals surface area (Å²) in [6, 6.07) is 0. The normalized spacial score (nSPS) is 18.6. The van der Waals surface area contributed by atoms with E-state index in [0.717, 1.165) is 28.1 Å². The van der Waals surface area contributed by atoms with Crippen molar-refractivity contribution < 1.29 is 9.90 Å². The summed E-state index contributed by atoms with van der Waals surface area (Å²) >= 11 is 3.19. The number of thiophene rings is 1. The maximum Gasteiger partial charge on any atom is 0.346 e. The Morgan fingerprint density at radius 2 is 2.40 bits per heavy atom. The Kier molecular flexibility index (Phi) is 3.80. The summed E-state index contributed by atoms with van der Waals surface area (Å²) in [4.78, 5) is 20.8. The van der Waals surface area contributed by atoms with Gasteiger partial charge in [0, 0.05) is 11.8 Å². The Hall–Kier alpha value is -1.34. The number of thioether (sulfide) groups is 1. The van der Waals surface area contributed by atoms with Crippen LogP contribution >= 0.6 is 23.1 Å². The average Bonchev–Trinajstić information content (AvgIpc) is 3.05. The van der Waals surface area contributed by atoms with E-state index in [4.69, 9.17) is 0 Å². The summed E-state index contributed by atoms with van der Waals surface area (Å²) in [6.07, 6.45) is 4.00. The van der Waals surface area contributed by atoms with Crippen molar-refractivity contribution in [3.63, 3.8) is 0 Å². The van der Waals surface area contributed by atoms with Crippen LogP contribution in [0.15, 0.2) is 6.33 Å². The Bertz CT molecular complexity index is 650. The Balaban J connectivity index is 1.91. The zero-order valence-electron chi connectivity index (χ0n) is 11.0. The number of hydrogen-bond donors (Lipinski definition) is 2. The van der Waals surface area contributed by atoms with Crippen LogP contribution < -0.4 is 5.32 Å². The first-order valence-electron chi connectivity index (χ1n) is 6.49. The highest BCUT2D eigenvalue weighted by Gasteiger charge is 2.20. The number of nitrogens with one attached hydrogen (secondary N) is 1. The monoisotopic (exact) mass is 309 g/mol. The molecule has 1 aliphatic rings. The summed E-state index contributed by atoms with van der Waals surface area (Å²) in [5.74, 6) is 1.08. The van der Waals surface area contributed by atoms with Gasteiger partial charge >= 0.3 is 5.97 Å². The van der Waals surface area contributed by atoms with E-state index in [1.807, 2.05) is 18.7 Å². The van der Waals surface area contributed by atoms with Crippen molar-refractivity contribution in [3.05, 3.63) is 16.8 Å². The summed E-state index contributed by atoms with van der Waals surface area (Å²) in [7, 11) is 0. The molecule has 1 fully saturated rings. The molecule has 1 aliphatic heterocycles. The molecule has 0 bridgehead atoms. The lowest BCUT2D eigenvalue weighted by Gasteiger charge is -2.11. The Labute approximate surface area is 124 Å². The highest BCUT2D eigenvalue weighted by molar-refractivity contribution is 8.00. The third-order valence-electron chi connectivity index (χ3n) is 3.44. The number of aromatic nitrogens is 2. The number of carbonyl (C=O) groups is 1. The molecular weight excluding hydrogens is 294 g/mol. The minimum atomic E-state index is -0.900. The molecule has 3 rings (SSSR count). The third kappa shape index (κ3) is 2.47. The first-order valence-corrected chi connectivity index (χ1v) is 8.36. The molecule has 0 saturated carbocycles. The third-order valence-corrected chi connectivity index (χ3v) is 6.03. The quantitative estimate of drug-likeness (QED) is 0.904. The van der Waals surface area contributed by atoms with Crippen LogP contribution in [0.1, 0.15) is 28.1 Å². The maximum atomic E-state index is 11.2. The predicted octanol–water partition coefficient (Wildman–Crippen LogP) is 3.01. The Morgan fingerprint density at radius 1 is 1.55 bits per heavy atom. The van der Waals surface area contributed by atoms with Crippen LogP contribution in [0.25, 0.3) is 10.2 Å². The van der Waals surface area contributed by atoms with Crippen LogP contribution in [-0.2, 0) is 0 Å². The predicted molar refractivity (Wildman–Crippen MR) is 83.1 cm³/mol. The number of fused-ring (bicyclic) bond motifs is 1. The summed E-state index contributed by atoms with van der Waals surface area (Å²) < 4.78 is 0. The first kappa shape index (κ1) is 13.6. The van der Waals surface area contributed by atoms with Gasteiger partial charge in [0.05, 0.1) is 5.39 Å². The molecule has 0 aromatic carbocycles. The molecule has 0 aliphatic carbocycles. The molecule has 2 N–H and O–H groups in total. The number of nitrogens with zero attached hydrogens (tertiary/aromatic N) is 2. The lowest BCUT2D eigenvalue weighted by molar-refractivity contribution is 0.0701. The lowest BCUT2D eigenvalue weighted by Crippen LogP contribution is -2.14. The highest BCUT2D eigenvalue weighted by atomic mass is 32.2. The van der Waals surface area contributed by atoms with Crippen LogP contribution in [0.5, 0.6) is 0 Å². The largest absolute Gasteiger partial charge is 0.477 e. The van der Waals surface area contributed by atoms with Gasteiger partial charge in [-0.3, -0.25) is 0 Å². The van der Waals surface area contributed by atoms with Crippen molar-refractivity contribution in [3.8, 4) is 0 Å². The fourth-order valence-electron chi connectivity index (χ4n) is 2.43. The second kappa shape index (κ2) is 5.57. The SMILES string of the molecule is Cc1c(C(=O)O)sc2ncnc(NCC3CCCS3)c12. The van der Waals surface area contributed by atoms with E-state index in [-0.39, 0.29) is 0 Å². The van der Waals surface area contributed by atoms with Gasteiger partial charge in [0.25, 0.3) is 0 Å². The van der Waals surface area contributed by atoms with E-state index in [9.17, 15) is 9.90 Å². The van der Waals surface area contributed by atoms with E-state index in [0.29, 0.717) is 10.1 Å². The zero-order chi connectivity index (χ0) is 14.1. The number of aryl methyl sites for hydroxylation is 1. The van der Waals surface area contributed by atoms with Gasteiger partial charge in [-0.25, -0.2) is 14.8 Å². The molecule has 0 radical (unpaired) electrons. The van der Waals surface area contributed by atoms with E-state index in [1.165, 1.54) is 36.3 Å². The van der Waals surface area contributed by atoms with Crippen molar-refractivity contribution in [2.45, 2.75) is 25.0 Å². The summed E-state index contributed by atoms with van der Waals surface area (Å²) in [5.41, 5.74) is 0.750. The van der Waals surface area contributed by atoms with Crippen molar-refractivity contribution in [2.75, 3.05) is 17.6 Å². The number of hydrogen-bond acceptors (Lipinski definition) is 6. The number of rotatable bonds is 4. The van der Waals surface area contributed by atoms with Crippen LogP contribution in [0, 0.1) is 6.92 Å². The molecule has 0 amide bonds. The van der Waals surface area contributed by atoms with Crippen molar-refractivity contribution in [1.82, 2.24) is 9.97 Å². The van der Waals surface area contributed by atoms with Gasteiger partial charge in [-0.1, -0.05) is 0 Å². The standard InChI is InChI=1S/C13H15N3O2S2/c1-7-9-11(14-5-8-3-2-4-19-8)15-6-16-12(9)20-10(7)13(17)18/h6,8H,2-5H2,1H3,(H,17,18)(H,14,15,16). The van der Waals surface area contributed by atoms with Gasteiger partial charge in [0.2, 0.25) is 0 Å². The molecule has 7 heteroatoms. The molecule has 20 heavy (non-hydrogen) atoms. The van der Waals surface area contributed by atoms with Crippen molar-refractivity contribution in [1.29, 1.82) is 0 Å². The topological polar surface area (TPSA) is 75.1 Å². The van der Waals surface area contributed by atoms with Crippen LogP contribution in [0.3, 0.4) is 0 Å². The molecule has 3 heterocycles. The zero-order valence-corrected chi connectivity index (χ0v) is 12.7. The number of carboxylic acids is 1. The molecule has 1 saturated heterocycles. The number of carboxylic acid groups (broad SMARTS) is 1. The van der Waals surface area contributed by atoms with E-state index in [2.05, 4.69) is 15.3 Å². The molecular formula is C13H15N3O2S2. The van der Waals surface area contributed by atoms with Gasteiger partial charge < -0.3 is 10.4 Å². The summed E-state index contributed by atoms with van der Waals surface area (Å²) in [5, 5.41) is 14.0. The molecule has 0 spiro atoms. The molecule has 5 nitrogen and oxygen atoms in total. The maximum absolute atomic E-state index is 11.2. The van der Waals surface area contributed by atoms with Crippen LogP contribution in [-0.4, -0.2) is 38.6 Å². The smallest absolute Gasteiger partial charge is 0.346 e. The van der Waals surface area contributed by atoms with E-state index >= 15 is 0 Å². The number of aromatic carboxylic acids is 1. The lowest BCUT2D eigenvalue weighted by atomic mass is 10.2. The van der Waals surface area contributed by atoms with Gasteiger partial charge in [-0.2, -0.15) is 11.8 Å². The summed E-state index contributed by atoms with van der Waals surface area (Å²) in [6.45, 7) is 2.69. The minimum absolute atomic E-state index is 0.346. The van der Waals surface area contributed by atoms with Gasteiger partial charge in [-0.15, -0.1) is 11.3 Å². The van der Waals surface area contributed by atoms with Gasteiger partial charge in [-0.05, 0) is 31.1 Å². The van der Waals surface area contributed by atoms with Gasteiger partial charge in [0.15, 0.2) is 0 Å². The highest BCUT2D eigenvalue weighted by Crippen LogP contribution is 2.34. The van der Waals surface area contributed by atoms with Crippen LogP contribution in [0.2, 0.25) is 0 Å². The van der Waals surface area contributed by atoms with Crippen LogP contribution in [0.4, 0.5) is 5.82 Å². The molecule has 1 atom stereocenters. The number of anilines is 1. The van der Waals surface area contributed by atoms with Gasteiger partial charge in [0.1, 0.15) is 21.9 Å². The minimum Gasteiger partial charge on any atom is -0.477 e. The van der Waals surface area contributed by atoms with E-state index < -0.39 is 5.97 Å². The molecule has 2 aromatic heterocycles. The second-order valence-corrected chi connectivity index (χ2v) is 7.19. The fraction of sp³-hybridized carbons (Fsp3) is 0.462. The van der Waals surface area contributed by atoms with Crippen molar-refractivity contribution in [2.24, 2.45) is 0 Å². The van der Waals surface area contributed by atoms with Crippen molar-refractivity contribution >= 4 is 45.1 Å². The molecule has 2 aromatic rings. The fourth-order valence-corrected chi connectivity index (χ4v) is 4.61. The molecule has 106 valence electrons. The molecule has 1 unspecified atom stereocenters. The Morgan fingerprint density at radius 3 is 3.10 bits per heavy atom. The second-order valence-electron chi connectivity index (χ2n) is 4.78. The first-order chi connectivity index (χ1) is 9.66.